The maximum Gasteiger partial charge on any atom is 0.237 e. The lowest BCUT2D eigenvalue weighted by Crippen LogP contribution is -2.22. The van der Waals surface area contributed by atoms with Gasteiger partial charge in [-0.25, -0.2) is 0 Å². The average Bonchev–Trinajstić information content (AvgIpc) is 3.15. The fraction of sp³-hybridized carbons (Fsp3) is 0.238. The lowest BCUT2D eigenvalue weighted by molar-refractivity contribution is -0.115. The van der Waals surface area contributed by atoms with Crippen molar-refractivity contribution < 1.29 is 9.59 Å². The Hall–Kier alpha value is -2.71. The van der Waals surface area contributed by atoms with Crippen molar-refractivity contribution >= 4 is 51.3 Å². The van der Waals surface area contributed by atoms with Crippen LogP contribution >= 0.6 is 23.1 Å². The smallest absolute Gasteiger partial charge is 0.237 e. The fourth-order valence-electron chi connectivity index (χ4n) is 2.52. The molecule has 3 aromatic rings. The van der Waals surface area contributed by atoms with Crippen LogP contribution in [0.5, 0.6) is 0 Å². The molecule has 0 fully saturated rings. The van der Waals surface area contributed by atoms with E-state index in [0.717, 1.165) is 12.1 Å². The molecule has 1 heterocycles. The van der Waals surface area contributed by atoms with Crippen molar-refractivity contribution in [1.82, 2.24) is 10.2 Å². The van der Waals surface area contributed by atoms with E-state index in [2.05, 4.69) is 39.9 Å². The molecule has 2 aromatic carbocycles. The zero-order valence-corrected chi connectivity index (χ0v) is 18.1. The van der Waals surface area contributed by atoms with Gasteiger partial charge in [0.1, 0.15) is 0 Å². The molecule has 0 aliphatic heterocycles. The maximum absolute atomic E-state index is 12.5. The molecule has 2 N–H and O–H groups in total. The molecule has 0 aliphatic carbocycles. The topological polar surface area (TPSA) is 84.0 Å². The number of ketones is 1. The third-order valence-electron chi connectivity index (χ3n) is 4.20. The molecule has 0 aliphatic rings. The van der Waals surface area contributed by atoms with E-state index in [9.17, 15) is 9.59 Å². The molecule has 8 heteroatoms. The van der Waals surface area contributed by atoms with Crippen molar-refractivity contribution in [3.05, 3.63) is 59.7 Å². The van der Waals surface area contributed by atoms with Crippen LogP contribution in [0.15, 0.2) is 52.9 Å². The number of Topliss-reactive ketones (excluding diaryl/α,β-unsaturated/α-hetero) is 1. The van der Waals surface area contributed by atoms with Gasteiger partial charge in [-0.2, -0.15) is 0 Å². The van der Waals surface area contributed by atoms with E-state index in [0.29, 0.717) is 20.7 Å². The van der Waals surface area contributed by atoms with E-state index in [1.54, 1.807) is 24.3 Å². The number of anilines is 3. The Labute approximate surface area is 178 Å². The van der Waals surface area contributed by atoms with Crippen LogP contribution in [-0.2, 0) is 11.2 Å². The summed E-state index contributed by atoms with van der Waals surface area (Å²) in [6.45, 7) is 5.43. The molecule has 1 atom stereocenters. The first-order valence-corrected chi connectivity index (χ1v) is 10.9. The number of thioether (sulfide) groups is 1. The Morgan fingerprint density at radius 3 is 2.55 bits per heavy atom. The molecular weight excluding hydrogens is 404 g/mol. The molecule has 0 bridgehead atoms. The van der Waals surface area contributed by atoms with Gasteiger partial charge in [-0.1, -0.05) is 54.3 Å². The van der Waals surface area contributed by atoms with Gasteiger partial charge in [-0.15, -0.1) is 10.2 Å². The third kappa shape index (κ3) is 5.88. The van der Waals surface area contributed by atoms with Gasteiger partial charge in [0, 0.05) is 16.9 Å². The van der Waals surface area contributed by atoms with E-state index in [1.165, 1.54) is 35.6 Å². The number of benzene rings is 2. The average molecular weight is 427 g/mol. The zero-order valence-electron chi connectivity index (χ0n) is 16.4. The Bertz CT molecular complexity index is 1000. The summed E-state index contributed by atoms with van der Waals surface area (Å²) in [5, 5.41) is 14.7. The van der Waals surface area contributed by atoms with Gasteiger partial charge in [0.05, 0.1) is 5.25 Å². The molecule has 0 spiro atoms. The molecule has 0 unspecified atom stereocenters. The number of nitrogens with zero attached hydrogens (tertiary/aromatic N) is 2. The van der Waals surface area contributed by atoms with Crippen molar-refractivity contribution in [3.63, 3.8) is 0 Å². The minimum Gasteiger partial charge on any atom is -0.330 e. The van der Waals surface area contributed by atoms with Gasteiger partial charge in [-0.05, 0) is 50.1 Å². The number of rotatable bonds is 8. The van der Waals surface area contributed by atoms with Gasteiger partial charge >= 0.3 is 0 Å². The Morgan fingerprint density at radius 2 is 1.86 bits per heavy atom. The lowest BCUT2D eigenvalue weighted by Gasteiger charge is -2.10. The van der Waals surface area contributed by atoms with Gasteiger partial charge in [0.15, 0.2) is 10.1 Å². The van der Waals surface area contributed by atoms with E-state index in [1.807, 2.05) is 19.1 Å². The molecule has 150 valence electrons. The third-order valence-corrected chi connectivity index (χ3v) is 6.23. The first-order valence-electron chi connectivity index (χ1n) is 9.22. The number of hydrogen-bond donors (Lipinski definition) is 2. The van der Waals surface area contributed by atoms with Crippen molar-refractivity contribution in [2.75, 3.05) is 10.6 Å². The summed E-state index contributed by atoms with van der Waals surface area (Å²) in [5.41, 5.74) is 3.39. The first kappa shape index (κ1) is 21.0. The second-order valence-corrected chi connectivity index (χ2v) is 9.00. The minimum absolute atomic E-state index is 0.0401. The highest BCUT2D eigenvalue weighted by Crippen LogP contribution is 2.31. The number of aryl methyl sites for hydroxylation is 1. The van der Waals surface area contributed by atoms with E-state index >= 15 is 0 Å². The van der Waals surface area contributed by atoms with Crippen LogP contribution in [0.25, 0.3) is 0 Å². The van der Waals surface area contributed by atoms with Crippen LogP contribution in [0.2, 0.25) is 0 Å². The predicted octanol–water partition coefficient (Wildman–Crippen LogP) is 5.17. The second-order valence-electron chi connectivity index (χ2n) is 6.43. The molecule has 29 heavy (non-hydrogen) atoms. The van der Waals surface area contributed by atoms with Crippen molar-refractivity contribution in [1.29, 1.82) is 0 Å². The summed E-state index contributed by atoms with van der Waals surface area (Å²) >= 11 is 2.75. The van der Waals surface area contributed by atoms with Gasteiger partial charge in [0.25, 0.3) is 0 Å². The second kappa shape index (κ2) is 9.67. The first-order chi connectivity index (χ1) is 13.9. The minimum atomic E-state index is -0.361. The van der Waals surface area contributed by atoms with Crippen LogP contribution in [-0.4, -0.2) is 27.1 Å². The fourth-order valence-corrected chi connectivity index (χ4v) is 4.44. The van der Waals surface area contributed by atoms with E-state index < -0.39 is 0 Å². The van der Waals surface area contributed by atoms with Crippen molar-refractivity contribution in [3.8, 4) is 0 Å². The number of carbonyl (C=O) groups excluding carboxylic acids is 2. The highest BCUT2D eigenvalue weighted by Gasteiger charge is 2.18. The Balaban J connectivity index is 1.57. The standard InChI is InChI=1S/C21H22N4O2S2/c1-4-15-8-10-17(11-9-15)23-20-24-25-21(29-20)28-14(3)19(27)22-18-7-5-6-16(12-18)13(2)26/h5-12,14H,4H2,1-3H3,(H,22,27)(H,23,24)/t14-/m1/s1. The monoisotopic (exact) mass is 426 g/mol. The number of amides is 1. The summed E-state index contributed by atoms with van der Waals surface area (Å²) in [6.07, 6.45) is 0.999. The van der Waals surface area contributed by atoms with Gasteiger partial charge < -0.3 is 10.6 Å². The van der Waals surface area contributed by atoms with Crippen LogP contribution in [0, 0.1) is 0 Å². The molecule has 0 radical (unpaired) electrons. The lowest BCUT2D eigenvalue weighted by atomic mass is 10.1. The van der Waals surface area contributed by atoms with Crippen molar-refractivity contribution in [2.45, 2.75) is 36.8 Å². The largest absolute Gasteiger partial charge is 0.330 e. The maximum atomic E-state index is 12.5. The van der Waals surface area contributed by atoms with Crippen LogP contribution in [0.4, 0.5) is 16.5 Å². The Morgan fingerprint density at radius 1 is 1.10 bits per heavy atom. The number of nitrogens with one attached hydrogen (secondary N) is 2. The Kier molecular flexibility index (Phi) is 7.00. The summed E-state index contributed by atoms with van der Waals surface area (Å²) < 4.78 is 0.706. The summed E-state index contributed by atoms with van der Waals surface area (Å²) in [7, 11) is 0. The molecule has 1 amide bonds. The van der Waals surface area contributed by atoms with Gasteiger partial charge in [0.2, 0.25) is 11.0 Å². The quantitative estimate of drug-likeness (QED) is 0.382. The molecular formula is C21H22N4O2S2. The molecule has 0 saturated carbocycles. The summed E-state index contributed by atoms with van der Waals surface area (Å²) in [6, 6.07) is 15.1. The zero-order chi connectivity index (χ0) is 20.8. The predicted molar refractivity (Wildman–Crippen MR) is 119 cm³/mol. The molecule has 1 aromatic heterocycles. The number of aromatic nitrogens is 2. The van der Waals surface area contributed by atoms with Crippen molar-refractivity contribution in [2.24, 2.45) is 0 Å². The van der Waals surface area contributed by atoms with Crippen LogP contribution in [0.1, 0.15) is 36.7 Å². The van der Waals surface area contributed by atoms with E-state index in [4.69, 9.17) is 0 Å². The highest BCUT2D eigenvalue weighted by molar-refractivity contribution is 8.02. The van der Waals surface area contributed by atoms with E-state index in [-0.39, 0.29) is 16.9 Å². The SMILES string of the molecule is CCc1ccc(Nc2nnc(S[C@H](C)C(=O)Nc3cccc(C(C)=O)c3)s2)cc1. The number of carbonyl (C=O) groups is 2. The van der Waals surface area contributed by atoms with Crippen LogP contribution in [0.3, 0.4) is 0 Å². The van der Waals surface area contributed by atoms with Crippen LogP contribution < -0.4 is 10.6 Å². The highest BCUT2D eigenvalue weighted by atomic mass is 32.2. The summed E-state index contributed by atoms with van der Waals surface area (Å²) in [4.78, 5) is 24.0. The molecule has 0 saturated heterocycles. The molecule has 6 nitrogen and oxygen atoms in total. The molecule has 3 rings (SSSR count). The normalized spacial score (nSPS) is 11.7. The number of hydrogen-bond acceptors (Lipinski definition) is 7. The van der Waals surface area contributed by atoms with Gasteiger partial charge in [-0.3, -0.25) is 9.59 Å². The summed E-state index contributed by atoms with van der Waals surface area (Å²) in [5.74, 6) is -0.197.